The van der Waals surface area contributed by atoms with E-state index in [9.17, 15) is 13.6 Å². The maximum atomic E-state index is 13.3. The predicted molar refractivity (Wildman–Crippen MR) is 96.0 cm³/mol. The van der Waals surface area contributed by atoms with Crippen molar-refractivity contribution in [3.05, 3.63) is 47.3 Å². The van der Waals surface area contributed by atoms with Gasteiger partial charge in [0.15, 0.2) is 0 Å². The molecule has 0 bridgehead atoms. The van der Waals surface area contributed by atoms with Gasteiger partial charge in [-0.25, -0.2) is 13.6 Å². The first-order valence-corrected chi connectivity index (χ1v) is 8.98. The highest BCUT2D eigenvalue weighted by atomic mass is 19.1. The van der Waals surface area contributed by atoms with Gasteiger partial charge in [0.2, 0.25) is 0 Å². The van der Waals surface area contributed by atoms with Crippen LogP contribution in [0.2, 0.25) is 0 Å². The molecule has 1 fully saturated rings. The van der Waals surface area contributed by atoms with Crippen molar-refractivity contribution in [3.8, 4) is 0 Å². The second-order valence-corrected chi connectivity index (χ2v) is 6.86. The van der Waals surface area contributed by atoms with E-state index in [1.165, 1.54) is 12.1 Å². The predicted octanol–water partition coefficient (Wildman–Crippen LogP) is 3.75. The van der Waals surface area contributed by atoms with Crippen molar-refractivity contribution in [2.45, 2.75) is 32.6 Å². The summed E-state index contributed by atoms with van der Waals surface area (Å²) < 4.78 is 28.3. The van der Waals surface area contributed by atoms with Crippen molar-refractivity contribution in [2.75, 3.05) is 18.4 Å². The van der Waals surface area contributed by atoms with Crippen LogP contribution in [0, 0.1) is 17.6 Å². The van der Waals surface area contributed by atoms with E-state index in [2.05, 4.69) is 10.4 Å². The second-order valence-electron chi connectivity index (χ2n) is 6.86. The van der Waals surface area contributed by atoms with Gasteiger partial charge >= 0.3 is 6.03 Å². The zero-order valence-electron chi connectivity index (χ0n) is 15.1. The zero-order valence-corrected chi connectivity index (χ0v) is 15.1. The lowest BCUT2D eigenvalue weighted by Gasteiger charge is -2.32. The van der Waals surface area contributed by atoms with Crippen LogP contribution >= 0.6 is 0 Å². The maximum absolute atomic E-state index is 13.3. The second kappa shape index (κ2) is 7.85. The Hall–Kier alpha value is -2.44. The van der Waals surface area contributed by atoms with Crippen molar-refractivity contribution < 1.29 is 13.6 Å². The Kier molecular flexibility index (Phi) is 5.54. The number of hydrogen-bond donors (Lipinski definition) is 1. The highest BCUT2D eigenvalue weighted by Crippen LogP contribution is 2.23. The maximum Gasteiger partial charge on any atom is 0.321 e. The molecule has 7 heteroatoms. The third-order valence-corrected chi connectivity index (χ3v) is 4.83. The van der Waals surface area contributed by atoms with Gasteiger partial charge in [0.1, 0.15) is 11.6 Å². The van der Waals surface area contributed by atoms with E-state index >= 15 is 0 Å². The monoisotopic (exact) mass is 362 g/mol. The fraction of sp³-hybridized carbons (Fsp3) is 0.474. The van der Waals surface area contributed by atoms with E-state index in [1.54, 1.807) is 9.58 Å². The van der Waals surface area contributed by atoms with Crippen LogP contribution in [0.5, 0.6) is 0 Å². The third-order valence-electron chi connectivity index (χ3n) is 4.83. The van der Waals surface area contributed by atoms with E-state index in [1.807, 2.05) is 20.2 Å². The van der Waals surface area contributed by atoms with Gasteiger partial charge in [-0.1, -0.05) is 6.92 Å². The third kappa shape index (κ3) is 4.39. The molecule has 0 aliphatic carbocycles. The average Bonchev–Trinajstić information content (AvgIpc) is 2.94. The number of aryl methyl sites for hydroxylation is 2. The summed E-state index contributed by atoms with van der Waals surface area (Å²) in [5.41, 5.74) is 2.29. The molecule has 0 atom stereocenters. The van der Waals surface area contributed by atoms with E-state index in [4.69, 9.17) is 0 Å². The van der Waals surface area contributed by atoms with Gasteiger partial charge in [-0.3, -0.25) is 4.68 Å². The van der Waals surface area contributed by atoms with Crippen LogP contribution in [-0.4, -0.2) is 33.8 Å². The fourth-order valence-corrected chi connectivity index (χ4v) is 3.50. The Morgan fingerprint density at radius 1 is 1.23 bits per heavy atom. The summed E-state index contributed by atoms with van der Waals surface area (Å²) in [7, 11) is 1.83. The number of urea groups is 1. The van der Waals surface area contributed by atoms with E-state index < -0.39 is 11.6 Å². The van der Waals surface area contributed by atoms with Gasteiger partial charge in [-0.05, 0) is 49.3 Å². The number of benzene rings is 1. The first kappa shape index (κ1) is 18.4. The molecular weight excluding hydrogens is 338 g/mol. The summed E-state index contributed by atoms with van der Waals surface area (Å²) in [6.45, 7) is 3.27. The normalized spacial score (nSPS) is 15.3. The van der Waals surface area contributed by atoms with Crippen LogP contribution in [0.3, 0.4) is 0 Å². The molecule has 0 saturated carbocycles. The zero-order chi connectivity index (χ0) is 18.7. The number of aromatic nitrogens is 2. The van der Waals surface area contributed by atoms with Gasteiger partial charge in [-0.2, -0.15) is 5.10 Å². The van der Waals surface area contributed by atoms with Crippen LogP contribution in [-0.2, 0) is 19.9 Å². The number of carbonyl (C=O) groups is 1. The smallest absolute Gasteiger partial charge is 0.321 e. The van der Waals surface area contributed by atoms with Crippen molar-refractivity contribution >= 4 is 11.7 Å². The van der Waals surface area contributed by atoms with E-state index in [0.717, 1.165) is 36.7 Å². The Morgan fingerprint density at radius 3 is 2.50 bits per heavy atom. The number of nitrogens with zero attached hydrogens (tertiary/aromatic N) is 3. The number of carbonyl (C=O) groups excluding carboxylic acids is 1. The first-order valence-electron chi connectivity index (χ1n) is 8.98. The number of halogens is 2. The first-order chi connectivity index (χ1) is 12.4. The van der Waals surface area contributed by atoms with Crippen LogP contribution in [0.15, 0.2) is 24.4 Å². The highest BCUT2D eigenvalue weighted by molar-refractivity contribution is 5.89. The SMILES string of the molecule is CCc1nn(C)cc1NC(=O)N1CCC(Cc2cc(F)cc(F)c2)CC1. The van der Waals surface area contributed by atoms with E-state index in [-0.39, 0.29) is 6.03 Å². The molecular formula is C19H24F2N4O. The molecule has 0 radical (unpaired) electrons. The number of nitrogens with one attached hydrogen (secondary N) is 1. The summed E-state index contributed by atoms with van der Waals surface area (Å²) in [4.78, 5) is 14.3. The molecule has 1 aromatic heterocycles. The Balaban J connectivity index is 1.53. The molecule has 1 aromatic carbocycles. The fourth-order valence-electron chi connectivity index (χ4n) is 3.50. The minimum Gasteiger partial charge on any atom is -0.325 e. The molecule has 1 N–H and O–H groups in total. The van der Waals surface area contributed by atoms with Crippen molar-refractivity contribution in [2.24, 2.45) is 13.0 Å². The van der Waals surface area contributed by atoms with Crippen molar-refractivity contribution in [3.63, 3.8) is 0 Å². The Bertz CT molecular complexity index is 762. The lowest BCUT2D eigenvalue weighted by atomic mass is 9.90. The minimum absolute atomic E-state index is 0.122. The van der Waals surface area contributed by atoms with Gasteiger partial charge in [0.05, 0.1) is 11.4 Å². The van der Waals surface area contributed by atoms with Crippen LogP contribution < -0.4 is 5.32 Å². The Morgan fingerprint density at radius 2 is 1.88 bits per heavy atom. The number of hydrogen-bond acceptors (Lipinski definition) is 2. The lowest BCUT2D eigenvalue weighted by Crippen LogP contribution is -2.41. The highest BCUT2D eigenvalue weighted by Gasteiger charge is 2.24. The number of anilines is 1. The number of likely N-dealkylation sites (tertiary alicyclic amines) is 1. The average molecular weight is 362 g/mol. The quantitative estimate of drug-likeness (QED) is 0.901. The summed E-state index contributed by atoms with van der Waals surface area (Å²) in [6, 6.07) is 3.54. The molecule has 2 amide bonds. The molecule has 0 unspecified atom stereocenters. The lowest BCUT2D eigenvalue weighted by molar-refractivity contribution is 0.182. The van der Waals surface area contributed by atoms with Crippen molar-refractivity contribution in [1.29, 1.82) is 0 Å². The minimum atomic E-state index is -0.542. The molecule has 1 aliphatic heterocycles. The van der Waals surface area contributed by atoms with Gasteiger partial charge in [-0.15, -0.1) is 0 Å². The molecule has 26 heavy (non-hydrogen) atoms. The van der Waals surface area contributed by atoms with Crippen LogP contribution in [0.4, 0.5) is 19.3 Å². The molecule has 1 saturated heterocycles. The summed E-state index contributed by atoms with van der Waals surface area (Å²) in [5.74, 6) is -0.759. The van der Waals surface area contributed by atoms with E-state index in [0.29, 0.717) is 31.0 Å². The molecule has 140 valence electrons. The molecule has 1 aliphatic rings. The van der Waals surface area contributed by atoms with Crippen LogP contribution in [0.1, 0.15) is 31.0 Å². The molecule has 3 rings (SSSR count). The summed E-state index contributed by atoms with van der Waals surface area (Å²) in [6.07, 6.45) is 4.83. The van der Waals surface area contributed by atoms with Gasteiger partial charge < -0.3 is 10.2 Å². The molecule has 5 nitrogen and oxygen atoms in total. The molecule has 0 spiro atoms. The number of piperidine rings is 1. The van der Waals surface area contributed by atoms with Crippen molar-refractivity contribution in [1.82, 2.24) is 14.7 Å². The molecule has 2 heterocycles. The topological polar surface area (TPSA) is 50.2 Å². The molecule has 2 aromatic rings. The van der Waals surface area contributed by atoms with Gasteiger partial charge in [0.25, 0.3) is 0 Å². The standard InChI is InChI=1S/C19H24F2N4O/c1-3-17-18(12-24(2)23-17)22-19(26)25-6-4-13(5-7-25)8-14-9-15(20)11-16(21)10-14/h9-13H,3-8H2,1-2H3,(H,22,26). The summed E-state index contributed by atoms with van der Waals surface area (Å²) >= 11 is 0. The number of amides is 2. The van der Waals surface area contributed by atoms with Crippen LogP contribution in [0.25, 0.3) is 0 Å². The summed E-state index contributed by atoms with van der Waals surface area (Å²) in [5, 5.41) is 7.26. The number of rotatable bonds is 4. The largest absolute Gasteiger partial charge is 0.325 e. The van der Waals surface area contributed by atoms with Gasteiger partial charge in [0, 0.05) is 32.4 Å². The Labute approximate surface area is 152 Å².